The molecule has 2 aromatic carbocycles. The second-order valence-electron chi connectivity index (χ2n) is 11.1. The zero-order valence-electron chi connectivity index (χ0n) is 23.6. The summed E-state index contributed by atoms with van der Waals surface area (Å²) in [5.74, 6) is 0.753. The van der Waals surface area contributed by atoms with Gasteiger partial charge in [0.2, 0.25) is 11.8 Å². The molecule has 5 rings (SSSR count). The van der Waals surface area contributed by atoms with Gasteiger partial charge in [0.25, 0.3) is 0 Å². The van der Waals surface area contributed by atoms with Crippen molar-refractivity contribution in [2.24, 2.45) is 0 Å². The Labute approximate surface area is 238 Å². The number of amides is 2. The second kappa shape index (κ2) is 13.7. The summed E-state index contributed by atoms with van der Waals surface area (Å²) in [6.45, 7) is 8.12. The molecular formula is C33H41N5O2. The molecule has 2 amide bonds. The summed E-state index contributed by atoms with van der Waals surface area (Å²) in [5, 5.41) is 0. The lowest BCUT2D eigenvalue weighted by molar-refractivity contribution is -0.133. The molecule has 0 aliphatic carbocycles. The first-order chi connectivity index (χ1) is 19.6. The van der Waals surface area contributed by atoms with E-state index >= 15 is 0 Å². The second-order valence-corrected chi connectivity index (χ2v) is 11.1. The van der Waals surface area contributed by atoms with Crippen molar-refractivity contribution in [2.75, 3.05) is 50.7 Å². The number of hydrogen-bond acceptors (Lipinski definition) is 5. The number of rotatable bonds is 5. The van der Waals surface area contributed by atoms with Crippen LogP contribution in [-0.4, -0.2) is 77.3 Å². The van der Waals surface area contributed by atoms with Gasteiger partial charge < -0.3 is 9.80 Å². The van der Waals surface area contributed by atoms with Crippen LogP contribution in [0, 0.1) is 0 Å². The van der Waals surface area contributed by atoms with E-state index in [1.807, 2.05) is 40.3 Å². The number of carbonyl (C=O) groups is 2. The Hall–Kier alpha value is -3.55. The quantitative estimate of drug-likeness (QED) is 0.476. The molecule has 40 heavy (non-hydrogen) atoms. The number of pyridine rings is 1. The average molecular weight is 540 g/mol. The number of carbonyl (C=O) groups excluding carboxylic acids is 2. The van der Waals surface area contributed by atoms with Crippen LogP contribution in [0.4, 0.5) is 5.69 Å². The number of benzene rings is 2. The molecule has 3 heterocycles. The highest BCUT2D eigenvalue weighted by Gasteiger charge is 2.26. The monoisotopic (exact) mass is 539 g/mol. The van der Waals surface area contributed by atoms with Gasteiger partial charge in [-0.05, 0) is 67.1 Å². The Balaban J connectivity index is 1.31. The Morgan fingerprint density at radius 3 is 2.35 bits per heavy atom. The zero-order valence-corrected chi connectivity index (χ0v) is 23.6. The molecule has 2 aliphatic heterocycles. The van der Waals surface area contributed by atoms with Crippen LogP contribution in [0.1, 0.15) is 48.8 Å². The third kappa shape index (κ3) is 7.34. The molecule has 0 radical (unpaired) electrons. The minimum absolute atomic E-state index is 0.0321. The van der Waals surface area contributed by atoms with Crippen LogP contribution in [0.25, 0.3) is 0 Å². The van der Waals surface area contributed by atoms with E-state index in [0.29, 0.717) is 32.1 Å². The average Bonchev–Trinajstić information content (AvgIpc) is 3.02. The predicted molar refractivity (Wildman–Crippen MR) is 159 cm³/mol. The molecule has 1 saturated heterocycles. The maximum Gasteiger partial charge on any atom is 0.237 e. The Bertz CT molecular complexity index is 1240. The first kappa shape index (κ1) is 28.0. The van der Waals surface area contributed by atoms with Crippen molar-refractivity contribution in [3.63, 3.8) is 0 Å². The van der Waals surface area contributed by atoms with E-state index in [9.17, 15) is 9.59 Å². The molecule has 1 fully saturated rings. The van der Waals surface area contributed by atoms with Crippen LogP contribution in [-0.2, 0) is 22.7 Å². The lowest BCUT2D eigenvalue weighted by Gasteiger charge is -2.34. The van der Waals surface area contributed by atoms with E-state index in [1.165, 1.54) is 5.56 Å². The SMILES string of the molecule is CC(=O)N1CCCN(Cc2cccnc2)CCN(C(=O)CN2CCC(c3ccccc3)CC2)Cc2ccccc21. The molecule has 0 saturated carbocycles. The molecule has 210 valence electrons. The van der Waals surface area contributed by atoms with E-state index in [4.69, 9.17) is 0 Å². The largest absolute Gasteiger partial charge is 0.336 e. The molecule has 7 nitrogen and oxygen atoms in total. The van der Waals surface area contributed by atoms with Crippen LogP contribution >= 0.6 is 0 Å². The van der Waals surface area contributed by atoms with Gasteiger partial charge in [-0.1, -0.05) is 54.6 Å². The minimum atomic E-state index is 0.0321. The Kier molecular flexibility index (Phi) is 9.58. The number of piperidine rings is 1. The molecule has 0 spiro atoms. The fourth-order valence-electron chi connectivity index (χ4n) is 6.03. The summed E-state index contributed by atoms with van der Waals surface area (Å²) in [6.07, 6.45) is 6.71. The third-order valence-corrected chi connectivity index (χ3v) is 8.27. The Morgan fingerprint density at radius 2 is 1.60 bits per heavy atom. The van der Waals surface area contributed by atoms with Gasteiger partial charge in [0.15, 0.2) is 0 Å². The van der Waals surface area contributed by atoms with Gasteiger partial charge in [0.05, 0.1) is 6.54 Å². The van der Waals surface area contributed by atoms with Gasteiger partial charge in [-0.25, -0.2) is 0 Å². The maximum absolute atomic E-state index is 13.8. The van der Waals surface area contributed by atoms with Crippen molar-refractivity contribution in [1.82, 2.24) is 19.7 Å². The van der Waals surface area contributed by atoms with Gasteiger partial charge in [0, 0.05) is 64.3 Å². The third-order valence-electron chi connectivity index (χ3n) is 8.27. The van der Waals surface area contributed by atoms with Crippen LogP contribution < -0.4 is 4.90 Å². The summed E-state index contributed by atoms with van der Waals surface area (Å²) in [4.78, 5) is 39.4. The first-order valence-corrected chi connectivity index (χ1v) is 14.6. The van der Waals surface area contributed by atoms with Crippen LogP contribution in [0.15, 0.2) is 79.1 Å². The molecule has 0 N–H and O–H groups in total. The fourth-order valence-corrected chi connectivity index (χ4v) is 6.03. The van der Waals surface area contributed by atoms with E-state index in [1.54, 1.807) is 13.1 Å². The summed E-state index contributed by atoms with van der Waals surface area (Å²) in [7, 11) is 0. The molecule has 1 aromatic heterocycles. The van der Waals surface area contributed by atoms with Gasteiger partial charge in [-0.3, -0.25) is 24.4 Å². The molecule has 7 heteroatoms. The number of likely N-dealkylation sites (tertiary alicyclic amines) is 1. The van der Waals surface area contributed by atoms with Crippen molar-refractivity contribution in [3.8, 4) is 0 Å². The number of fused-ring (bicyclic) bond motifs is 1. The highest BCUT2D eigenvalue weighted by atomic mass is 16.2. The predicted octanol–water partition coefficient (Wildman–Crippen LogP) is 4.55. The number of hydrogen-bond donors (Lipinski definition) is 0. The van der Waals surface area contributed by atoms with E-state index in [2.05, 4.69) is 57.2 Å². The summed E-state index contributed by atoms with van der Waals surface area (Å²) >= 11 is 0. The van der Waals surface area contributed by atoms with Gasteiger partial charge in [-0.2, -0.15) is 0 Å². The number of nitrogens with zero attached hydrogens (tertiary/aromatic N) is 5. The fraction of sp³-hybridized carbons (Fsp3) is 0.424. The number of anilines is 1. The summed E-state index contributed by atoms with van der Waals surface area (Å²) in [6, 6.07) is 22.8. The molecule has 0 bridgehead atoms. The van der Waals surface area contributed by atoms with E-state index in [0.717, 1.165) is 68.8 Å². The van der Waals surface area contributed by atoms with Crippen molar-refractivity contribution in [2.45, 2.75) is 45.2 Å². The molecule has 2 aliphatic rings. The topological polar surface area (TPSA) is 60.0 Å². The smallest absolute Gasteiger partial charge is 0.237 e. The van der Waals surface area contributed by atoms with Crippen LogP contribution in [0.2, 0.25) is 0 Å². The van der Waals surface area contributed by atoms with Gasteiger partial charge in [-0.15, -0.1) is 0 Å². The summed E-state index contributed by atoms with van der Waals surface area (Å²) < 4.78 is 0. The molecule has 3 aromatic rings. The van der Waals surface area contributed by atoms with Crippen molar-refractivity contribution in [1.29, 1.82) is 0 Å². The molecule has 0 unspecified atom stereocenters. The summed E-state index contributed by atoms with van der Waals surface area (Å²) in [5.41, 5.74) is 4.50. The first-order valence-electron chi connectivity index (χ1n) is 14.6. The lowest BCUT2D eigenvalue weighted by Crippen LogP contribution is -2.45. The zero-order chi connectivity index (χ0) is 27.7. The minimum Gasteiger partial charge on any atom is -0.336 e. The van der Waals surface area contributed by atoms with Gasteiger partial charge in [0.1, 0.15) is 0 Å². The number of aromatic nitrogens is 1. The van der Waals surface area contributed by atoms with Crippen LogP contribution in [0.3, 0.4) is 0 Å². The molecule has 0 atom stereocenters. The van der Waals surface area contributed by atoms with E-state index in [-0.39, 0.29) is 11.8 Å². The van der Waals surface area contributed by atoms with Crippen molar-refractivity contribution >= 4 is 17.5 Å². The normalized spacial score (nSPS) is 18.1. The standard InChI is InChI=1S/C33H41N5O2/c1-27(39)38-18-8-17-35(24-28-9-7-16-34-23-28)21-22-37(25-31-12-5-6-13-32(31)38)33(40)26-36-19-14-30(15-20-36)29-10-3-2-4-11-29/h2-7,9-13,16,23,30H,8,14-15,17-22,24-26H2,1H3. The molecular weight excluding hydrogens is 498 g/mol. The highest BCUT2D eigenvalue weighted by Crippen LogP contribution is 2.28. The lowest BCUT2D eigenvalue weighted by atomic mass is 9.89. The highest BCUT2D eigenvalue weighted by molar-refractivity contribution is 5.92. The number of para-hydroxylation sites is 1. The maximum atomic E-state index is 13.8. The van der Waals surface area contributed by atoms with Crippen molar-refractivity contribution in [3.05, 3.63) is 95.8 Å². The van der Waals surface area contributed by atoms with Crippen molar-refractivity contribution < 1.29 is 9.59 Å². The van der Waals surface area contributed by atoms with Crippen LogP contribution in [0.5, 0.6) is 0 Å². The Morgan fingerprint density at radius 1 is 0.825 bits per heavy atom. The van der Waals surface area contributed by atoms with E-state index < -0.39 is 0 Å². The van der Waals surface area contributed by atoms with Gasteiger partial charge >= 0.3 is 0 Å².